The number of nitrogens with one attached hydrogen (secondary N) is 1. The topological polar surface area (TPSA) is 72.0 Å². The minimum absolute atomic E-state index is 0.220. The average molecular weight is 436 g/mol. The number of aromatic nitrogens is 2. The summed E-state index contributed by atoms with van der Waals surface area (Å²) in [5.74, 6) is 0. The van der Waals surface area contributed by atoms with E-state index >= 15 is 0 Å². The zero-order valence-corrected chi connectivity index (χ0v) is 16.4. The molecule has 1 N–H and O–H groups in total. The lowest BCUT2D eigenvalue weighted by molar-refractivity contribution is 0.601. The van der Waals surface area contributed by atoms with Gasteiger partial charge in [-0.15, -0.1) is 0 Å². The second-order valence-electron chi connectivity index (χ2n) is 5.20. The van der Waals surface area contributed by atoms with Crippen molar-refractivity contribution in [3.05, 3.63) is 71.0 Å². The Balaban J connectivity index is 1.87. The van der Waals surface area contributed by atoms with Gasteiger partial charge in [0.25, 0.3) is 10.0 Å². The first kappa shape index (κ1) is 17.9. The van der Waals surface area contributed by atoms with Crippen LogP contribution >= 0.6 is 27.7 Å². The average Bonchev–Trinajstić information content (AvgIpc) is 2.59. The van der Waals surface area contributed by atoms with Gasteiger partial charge in [0, 0.05) is 17.3 Å². The van der Waals surface area contributed by atoms with Gasteiger partial charge < -0.3 is 0 Å². The highest BCUT2D eigenvalue weighted by Crippen LogP contribution is 2.32. The van der Waals surface area contributed by atoms with E-state index in [0.717, 1.165) is 14.9 Å². The molecule has 8 heteroatoms. The van der Waals surface area contributed by atoms with E-state index in [1.165, 1.54) is 11.8 Å². The van der Waals surface area contributed by atoms with Gasteiger partial charge in [0.1, 0.15) is 0 Å². The first-order valence-corrected chi connectivity index (χ1v) is 10.4. The summed E-state index contributed by atoms with van der Waals surface area (Å²) in [5.41, 5.74) is 1.49. The highest BCUT2D eigenvalue weighted by molar-refractivity contribution is 9.10. The summed E-state index contributed by atoms with van der Waals surface area (Å²) in [6.45, 7) is 1.91. The summed E-state index contributed by atoms with van der Waals surface area (Å²) < 4.78 is 28.6. The molecule has 3 aromatic rings. The van der Waals surface area contributed by atoms with E-state index in [9.17, 15) is 8.42 Å². The first-order chi connectivity index (χ1) is 11.9. The number of sulfonamides is 1. The fourth-order valence-electron chi connectivity index (χ4n) is 2.01. The Morgan fingerprint density at radius 2 is 1.64 bits per heavy atom. The van der Waals surface area contributed by atoms with Gasteiger partial charge in [0.2, 0.25) is 0 Å². The fourth-order valence-corrected chi connectivity index (χ4v) is 4.14. The number of hydrogen-bond donors (Lipinski definition) is 1. The smallest absolute Gasteiger partial charge is 0.261 e. The summed E-state index contributed by atoms with van der Waals surface area (Å²) in [7, 11) is -3.66. The molecule has 0 saturated carbocycles. The van der Waals surface area contributed by atoms with Gasteiger partial charge in [-0.1, -0.05) is 29.8 Å². The second kappa shape index (κ2) is 7.55. The molecule has 0 unspecified atom stereocenters. The Kier molecular flexibility index (Phi) is 5.41. The molecule has 25 heavy (non-hydrogen) atoms. The highest BCUT2D eigenvalue weighted by atomic mass is 79.9. The standard InChI is InChI=1S/C17H14BrN3O2S2/c1-12-6-8-14(9-7-12)25(22,23)21-15-4-2-3-5-16(15)24-17-19-10-13(18)11-20-17/h2-11,21H,1H3. The minimum Gasteiger partial charge on any atom is -0.278 e. The lowest BCUT2D eigenvalue weighted by Gasteiger charge is -2.12. The van der Waals surface area contributed by atoms with Crippen LogP contribution in [0.25, 0.3) is 0 Å². The molecule has 0 fully saturated rings. The largest absolute Gasteiger partial charge is 0.278 e. The molecule has 0 radical (unpaired) electrons. The highest BCUT2D eigenvalue weighted by Gasteiger charge is 2.16. The van der Waals surface area contributed by atoms with E-state index in [-0.39, 0.29) is 4.90 Å². The number of halogens is 1. The lowest BCUT2D eigenvalue weighted by Crippen LogP contribution is -2.13. The van der Waals surface area contributed by atoms with Crippen LogP contribution in [0, 0.1) is 6.92 Å². The summed E-state index contributed by atoms with van der Waals surface area (Å²) >= 11 is 4.58. The predicted octanol–water partition coefficient (Wildman–Crippen LogP) is 4.50. The van der Waals surface area contributed by atoms with Crippen LogP contribution in [0.15, 0.2) is 80.3 Å². The molecule has 3 rings (SSSR count). The zero-order chi connectivity index (χ0) is 17.9. The second-order valence-corrected chi connectivity index (χ2v) is 8.81. The van der Waals surface area contributed by atoms with Crippen LogP contribution in [0.5, 0.6) is 0 Å². The van der Waals surface area contributed by atoms with Gasteiger partial charge in [-0.25, -0.2) is 18.4 Å². The van der Waals surface area contributed by atoms with Gasteiger partial charge in [-0.05, 0) is 58.9 Å². The van der Waals surface area contributed by atoms with E-state index in [4.69, 9.17) is 0 Å². The third-order valence-electron chi connectivity index (χ3n) is 3.26. The van der Waals surface area contributed by atoms with Crippen LogP contribution in [0.4, 0.5) is 5.69 Å². The number of aryl methyl sites for hydroxylation is 1. The van der Waals surface area contributed by atoms with Gasteiger partial charge in [-0.3, -0.25) is 4.72 Å². The Morgan fingerprint density at radius 1 is 1.00 bits per heavy atom. The fraction of sp³-hybridized carbons (Fsp3) is 0.0588. The van der Waals surface area contributed by atoms with Crippen LogP contribution in [0.3, 0.4) is 0 Å². The number of para-hydroxylation sites is 1. The number of hydrogen-bond acceptors (Lipinski definition) is 5. The van der Waals surface area contributed by atoms with Crippen molar-refractivity contribution in [2.45, 2.75) is 21.9 Å². The summed E-state index contributed by atoms with van der Waals surface area (Å²) in [5, 5.41) is 0.533. The first-order valence-electron chi connectivity index (χ1n) is 7.28. The Bertz CT molecular complexity index is 976. The van der Waals surface area contributed by atoms with Gasteiger partial charge >= 0.3 is 0 Å². The van der Waals surface area contributed by atoms with Crippen LogP contribution in [-0.4, -0.2) is 18.4 Å². The summed E-state index contributed by atoms with van der Waals surface area (Å²) in [6, 6.07) is 13.9. The monoisotopic (exact) mass is 435 g/mol. The molecular weight excluding hydrogens is 422 g/mol. The van der Waals surface area contributed by atoms with Crippen molar-refractivity contribution in [3.63, 3.8) is 0 Å². The van der Waals surface area contributed by atoms with E-state index in [2.05, 4.69) is 30.6 Å². The van der Waals surface area contributed by atoms with Gasteiger partial charge in [-0.2, -0.15) is 0 Å². The van der Waals surface area contributed by atoms with E-state index < -0.39 is 10.0 Å². The van der Waals surface area contributed by atoms with Crippen LogP contribution in [-0.2, 0) is 10.0 Å². The van der Waals surface area contributed by atoms with Crippen LogP contribution in [0.1, 0.15) is 5.56 Å². The quantitative estimate of drug-likeness (QED) is 0.597. The SMILES string of the molecule is Cc1ccc(S(=O)(=O)Nc2ccccc2Sc2ncc(Br)cn2)cc1. The molecule has 0 spiro atoms. The molecule has 128 valence electrons. The van der Waals surface area contributed by atoms with Gasteiger partial charge in [0.05, 0.1) is 15.1 Å². The Hall–Kier alpha value is -1.90. The molecule has 0 aliphatic rings. The lowest BCUT2D eigenvalue weighted by atomic mass is 10.2. The third kappa shape index (κ3) is 4.59. The van der Waals surface area contributed by atoms with Crippen molar-refractivity contribution in [1.29, 1.82) is 0 Å². The normalized spacial score (nSPS) is 11.3. The molecule has 2 aromatic carbocycles. The molecule has 0 amide bonds. The van der Waals surface area contributed by atoms with E-state index in [0.29, 0.717) is 10.8 Å². The van der Waals surface area contributed by atoms with Gasteiger partial charge in [0.15, 0.2) is 5.16 Å². The Morgan fingerprint density at radius 3 is 2.32 bits per heavy atom. The zero-order valence-electron chi connectivity index (χ0n) is 13.2. The molecular formula is C17H14BrN3O2S2. The van der Waals surface area contributed by atoms with Crippen molar-refractivity contribution >= 4 is 43.4 Å². The number of benzene rings is 2. The molecule has 5 nitrogen and oxygen atoms in total. The van der Waals surface area contributed by atoms with Crippen molar-refractivity contribution < 1.29 is 8.42 Å². The maximum atomic E-state index is 12.6. The number of anilines is 1. The number of rotatable bonds is 5. The molecule has 0 atom stereocenters. The van der Waals surface area contributed by atoms with E-state index in [1.807, 2.05) is 19.1 Å². The molecule has 0 aliphatic heterocycles. The molecule has 1 heterocycles. The molecule has 1 aromatic heterocycles. The molecule has 0 bridgehead atoms. The maximum absolute atomic E-state index is 12.6. The minimum atomic E-state index is -3.66. The number of nitrogens with zero attached hydrogens (tertiary/aromatic N) is 2. The van der Waals surface area contributed by atoms with E-state index in [1.54, 1.807) is 48.8 Å². The summed E-state index contributed by atoms with van der Waals surface area (Å²) in [6.07, 6.45) is 3.29. The van der Waals surface area contributed by atoms with Crippen molar-refractivity contribution in [1.82, 2.24) is 9.97 Å². The van der Waals surface area contributed by atoms with Crippen LogP contribution < -0.4 is 4.72 Å². The Labute approximate surface area is 159 Å². The third-order valence-corrected chi connectivity index (χ3v) is 6.02. The van der Waals surface area contributed by atoms with Crippen molar-refractivity contribution in [2.24, 2.45) is 0 Å². The summed E-state index contributed by atoms with van der Waals surface area (Å²) in [4.78, 5) is 9.36. The maximum Gasteiger partial charge on any atom is 0.261 e. The predicted molar refractivity (Wildman–Crippen MR) is 102 cm³/mol. The molecule has 0 aliphatic carbocycles. The van der Waals surface area contributed by atoms with Crippen LogP contribution in [0.2, 0.25) is 0 Å². The molecule has 0 saturated heterocycles. The van der Waals surface area contributed by atoms with Crippen molar-refractivity contribution in [2.75, 3.05) is 4.72 Å². The van der Waals surface area contributed by atoms with Crippen molar-refractivity contribution in [3.8, 4) is 0 Å².